The van der Waals surface area contributed by atoms with Crippen molar-refractivity contribution in [3.8, 4) is 5.75 Å². The smallest absolute Gasteiger partial charge is 0.232 e. The van der Waals surface area contributed by atoms with Gasteiger partial charge in [0.05, 0.1) is 17.8 Å². The first-order chi connectivity index (χ1) is 13.7. The van der Waals surface area contributed by atoms with Gasteiger partial charge in [-0.15, -0.1) is 22.7 Å². The number of halogens is 1. The molecule has 1 aromatic carbocycles. The number of carbonyl (C=O) groups is 1. The van der Waals surface area contributed by atoms with E-state index in [1.54, 1.807) is 23.5 Å². The number of aromatic nitrogens is 2. The molecule has 5 nitrogen and oxygen atoms in total. The second-order valence-electron chi connectivity index (χ2n) is 6.65. The summed E-state index contributed by atoms with van der Waals surface area (Å²) < 4.78 is 5.70. The summed E-state index contributed by atoms with van der Waals surface area (Å²) in [7, 11) is 0. The van der Waals surface area contributed by atoms with E-state index in [0.717, 1.165) is 35.0 Å². The second kappa shape index (κ2) is 9.03. The molecule has 0 bridgehead atoms. The van der Waals surface area contributed by atoms with Crippen LogP contribution in [-0.4, -0.2) is 15.9 Å². The maximum atomic E-state index is 12.4. The topological polar surface area (TPSA) is 64.1 Å². The first kappa shape index (κ1) is 19.4. The van der Waals surface area contributed by atoms with Crippen molar-refractivity contribution in [2.75, 3.05) is 5.32 Å². The van der Waals surface area contributed by atoms with E-state index < -0.39 is 0 Å². The maximum Gasteiger partial charge on any atom is 0.232 e. The Hall–Kier alpha value is -1.96. The minimum Gasteiger partial charge on any atom is -0.486 e. The number of rotatable bonds is 6. The van der Waals surface area contributed by atoms with Crippen molar-refractivity contribution in [2.24, 2.45) is 0 Å². The van der Waals surface area contributed by atoms with Crippen molar-refractivity contribution in [2.45, 2.75) is 45.1 Å². The van der Waals surface area contributed by atoms with Gasteiger partial charge in [0, 0.05) is 15.3 Å². The normalized spacial score (nSPS) is 13.6. The number of aryl methyl sites for hydroxylation is 2. The zero-order valence-electron chi connectivity index (χ0n) is 15.2. The van der Waals surface area contributed by atoms with Crippen molar-refractivity contribution >= 4 is 45.3 Å². The van der Waals surface area contributed by atoms with Crippen LogP contribution in [0.1, 0.15) is 40.5 Å². The molecule has 8 heteroatoms. The van der Waals surface area contributed by atoms with E-state index >= 15 is 0 Å². The number of hydrogen-bond donors (Lipinski definition) is 1. The number of hydrogen-bond acceptors (Lipinski definition) is 6. The summed E-state index contributed by atoms with van der Waals surface area (Å²) in [6.45, 7) is 0.368. The Bertz CT molecular complexity index is 929. The fourth-order valence-corrected chi connectivity index (χ4v) is 4.98. The average molecular weight is 434 g/mol. The van der Waals surface area contributed by atoms with E-state index in [4.69, 9.17) is 16.3 Å². The number of anilines is 1. The number of amides is 1. The fourth-order valence-electron chi connectivity index (χ4n) is 3.08. The predicted molar refractivity (Wildman–Crippen MR) is 114 cm³/mol. The molecule has 2 aromatic heterocycles. The number of ether oxygens (including phenoxy) is 1. The van der Waals surface area contributed by atoms with Gasteiger partial charge in [0.15, 0.2) is 5.13 Å². The van der Waals surface area contributed by atoms with Crippen molar-refractivity contribution < 1.29 is 9.53 Å². The molecule has 0 saturated carbocycles. The van der Waals surface area contributed by atoms with Crippen LogP contribution in [0.15, 0.2) is 29.6 Å². The highest BCUT2D eigenvalue weighted by Gasteiger charge is 2.16. The summed E-state index contributed by atoms with van der Waals surface area (Å²) in [6, 6.07) is 7.21. The number of nitrogens with one attached hydrogen (secondary N) is 1. The summed E-state index contributed by atoms with van der Waals surface area (Å²) in [4.78, 5) is 22.8. The van der Waals surface area contributed by atoms with Gasteiger partial charge in [-0.05, 0) is 49.9 Å². The molecule has 1 aliphatic rings. The van der Waals surface area contributed by atoms with E-state index in [2.05, 4.69) is 15.3 Å². The molecule has 28 heavy (non-hydrogen) atoms. The number of nitrogens with zero attached hydrogens (tertiary/aromatic N) is 2. The molecule has 0 saturated heterocycles. The summed E-state index contributed by atoms with van der Waals surface area (Å²) in [5.41, 5.74) is 1.91. The molecular formula is C20H20ClN3O2S2. The Kier molecular flexibility index (Phi) is 6.24. The average Bonchev–Trinajstić information content (AvgIpc) is 3.21. The molecule has 1 aliphatic carbocycles. The molecule has 4 rings (SSSR count). The van der Waals surface area contributed by atoms with Crippen molar-refractivity contribution in [1.82, 2.24) is 9.97 Å². The standard InChI is InChI=1S/C20H20ClN3O2S2/c21-13-6-8-15(9-7-13)26-11-19-22-14(12-27-19)10-18(25)24-20-23-16-4-2-1-3-5-17(16)28-20/h6-9,12H,1-5,10-11H2,(H,23,24,25). The van der Waals surface area contributed by atoms with Crippen LogP contribution in [0, 0.1) is 0 Å². The summed E-state index contributed by atoms with van der Waals surface area (Å²) in [6.07, 6.45) is 5.99. The minimum atomic E-state index is -0.0839. The molecular weight excluding hydrogens is 414 g/mol. The molecule has 0 radical (unpaired) electrons. The van der Waals surface area contributed by atoms with Crippen LogP contribution in [-0.2, 0) is 30.7 Å². The lowest BCUT2D eigenvalue weighted by Gasteiger charge is -2.03. The molecule has 0 atom stereocenters. The Morgan fingerprint density at radius 3 is 2.82 bits per heavy atom. The highest BCUT2D eigenvalue weighted by atomic mass is 35.5. The highest BCUT2D eigenvalue weighted by Crippen LogP contribution is 2.29. The fraction of sp³-hybridized carbons (Fsp3) is 0.350. The van der Waals surface area contributed by atoms with Crippen molar-refractivity contribution in [3.05, 3.63) is 55.9 Å². The molecule has 1 amide bonds. The Morgan fingerprint density at radius 1 is 1.14 bits per heavy atom. The highest BCUT2D eigenvalue weighted by molar-refractivity contribution is 7.15. The number of thiazole rings is 2. The van der Waals surface area contributed by atoms with Gasteiger partial charge >= 0.3 is 0 Å². The van der Waals surface area contributed by atoms with Gasteiger partial charge in [0.25, 0.3) is 0 Å². The van der Waals surface area contributed by atoms with Crippen LogP contribution in [0.4, 0.5) is 5.13 Å². The van der Waals surface area contributed by atoms with E-state index in [0.29, 0.717) is 16.8 Å². The van der Waals surface area contributed by atoms with E-state index in [-0.39, 0.29) is 12.3 Å². The monoisotopic (exact) mass is 433 g/mol. The molecule has 2 heterocycles. The van der Waals surface area contributed by atoms with Gasteiger partial charge < -0.3 is 10.1 Å². The van der Waals surface area contributed by atoms with Crippen molar-refractivity contribution in [3.63, 3.8) is 0 Å². The third-order valence-electron chi connectivity index (χ3n) is 4.46. The zero-order valence-corrected chi connectivity index (χ0v) is 17.6. The van der Waals surface area contributed by atoms with Gasteiger partial charge in [0.2, 0.25) is 5.91 Å². The second-order valence-corrected chi connectivity index (χ2v) is 9.11. The van der Waals surface area contributed by atoms with Crippen LogP contribution >= 0.6 is 34.3 Å². The molecule has 0 spiro atoms. The quantitative estimate of drug-likeness (QED) is 0.537. The van der Waals surface area contributed by atoms with Crippen LogP contribution < -0.4 is 10.1 Å². The number of carbonyl (C=O) groups excluding carboxylic acids is 1. The molecule has 0 fully saturated rings. The third-order valence-corrected chi connectivity index (χ3v) is 6.65. The predicted octanol–water partition coefficient (Wildman–Crippen LogP) is 5.28. The van der Waals surface area contributed by atoms with E-state index in [1.165, 1.54) is 35.5 Å². The van der Waals surface area contributed by atoms with Crippen LogP contribution in [0.25, 0.3) is 0 Å². The minimum absolute atomic E-state index is 0.0839. The lowest BCUT2D eigenvalue weighted by molar-refractivity contribution is -0.115. The zero-order chi connectivity index (χ0) is 19.3. The SMILES string of the molecule is O=C(Cc1csc(COc2ccc(Cl)cc2)n1)Nc1nc2c(s1)CCCCC2. The van der Waals surface area contributed by atoms with Gasteiger partial charge in [-0.2, -0.15) is 0 Å². The van der Waals surface area contributed by atoms with Gasteiger partial charge in [-0.25, -0.2) is 9.97 Å². The largest absolute Gasteiger partial charge is 0.486 e. The molecule has 0 aliphatic heterocycles. The summed E-state index contributed by atoms with van der Waals surface area (Å²) in [5.74, 6) is 0.654. The van der Waals surface area contributed by atoms with Gasteiger partial charge in [-0.3, -0.25) is 4.79 Å². The molecule has 1 N–H and O–H groups in total. The van der Waals surface area contributed by atoms with Crippen molar-refractivity contribution in [1.29, 1.82) is 0 Å². The lowest BCUT2D eigenvalue weighted by atomic mass is 10.2. The Balaban J connectivity index is 1.29. The summed E-state index contributed by atoms with van der Waals surface area (Å²) in [5, 5.41) is 7.04. The van der Waals surface area contributed by atoms with Gasteiger partial charge in [0.1, 0.15) is 17.4 Å². The lowest BCUT2D eigenvalue weighted by Crippen LogP contribution is -2.14. The number of fused-ring (bicyclic) bond motifs is 1. The first-order valence-electron chi connectivity index (χ1n) is 9.26. The summed E-state index contributed by atoms with van der Waals surface area (Å²) >= 11 is 8.97. The number of benzene rings is 1. The third kappa shape index (κ3) is 5.10. The first-order valence-corrected chi connectivity index (χ1v) is 11.3. The van der Waals surface area contributed by atoms with Crippen LogP contribution in [0.3, 0.4) is 0 Å². The molecule has 146 valence electrons. The Labute approximate surface area is 176 Å². The van der Waals surface area contributed by atoms with Crippen LogP contribution in [0.5, 0.6) is 5.75 Å². The van der Waals surface area contributed by atoms with E-state index in [1.807, 2.05) is 17.5 Å². The van der Waals surface area contributed by atoms with Crippen LogP contribution in [0.2, 0.25) is 5.02 Å². The van der Waals surface area contributed by atoms with Gasteiger partial charge in [-0.1, -0.05) is 18.0 Å². The molecule has 0 unspecified atom stereocenters. The Morgan fingerprint density at radius 2 is 1.96 bits per heavy atom. The van der Waals surface area contributed by atoms with E-state index in [9.17, 15) is 4.79 Å². The molecule has 3 aromatic rings. The maximum absolute atomic E-state index is 12.4.